The van der Waals surface area contributed by atoms with Crippen molar-refractivity contribution in [3.8, 4) is 78.7 Å². The van der Waals surface area contributed by atoms with E-state index in [1.807, 2.05) is 0 Å². The Bertz CT molecular complexity index is 4270. The van der Waals surface area contributed by atoms with Gasteiger partial charge in [-0.25, -0.2) is 9.97 Å². The van der Waals surface area contributed by atoms with Crippen molar-refractivity contribution >= 4 is 54.4 Å². The topological polar surface area (TPSA) is 35.6 Å². The van der Waals surface area contributed by atoms with Crippen LogP contribution in [0.5, 0.6) is 0 Å². The van der Waals surface area contributed by atoms with E-state index in [1.54, 1.807) is 0 Å². The second-order valence-corrected chi connectivity index (χ2v) is 18.5. The van der Waals surface area contributed by atoms with Gasteiger partial charge >= 0.3 is 0 Å². The summed E-state index contributed by atoms with van der Waals surface area (Å²) in [4.78, 5) is 10.9. The van der Waals surface area contributed by atoms with Crippen LogP contribution in [0.25, 0.3) is 133 Å². The van der Waals surface area contributed by atoms with Crippen LogP contribution >= 0.6 is 0 Å². The van der Waals surface area contributed by atoms with Gasteiger partial charge < -0.3 is 9.13 Å². The number of nitrogens with zero attached hydrogens (tertiary/aromatic N) is 4. The SMILES string of the molecule is c1ccc(-c2cc(-c3ccccc3)cc(-c3cc(-c4ccccc4)nc(-c4cccc(-n5c6c(-c7cccc(-n8c9ccccc9c9ccccc98)c7)cccc6c6ccc7ccccc7c65)c4)n3)c2)cc1. The summed E-state index contributed by atoms with van der Waals surface area (Å²) in [5.74, 6) is 0.657. The maximum absolute atomic E-state index is 5.49. The summed E-state index contributed by atoms with van der Waals surface area (Å²) in [6.45, 7) is 0. The average molecular weight is 917 g/mol. The number of hydrogen-bond acceptors (Lipinski definition) is 2. The standard InChI is InChI=1S/C68H44N4/c1-4-19-45(20-5-1)51-39-52(46-21-6-2-7-22-46)41-53(40-51)63-44-62(48-24-8-3-9-25-48)69-68(70-63)50-27-17-29-55(43-50)72-66-56-30-11-10-23-47(56)37-38-61(66)60-34-18-33-57(67(60)72)49-26-16-28-54(42-49)71-64-35-14-12-31-58(64)59-32-13-15-36-65(59)71/h1-44H. The fourth-order valence-electron chi connectivity index (χ4n) is 11.0. The summed E-state index contributed by atoms with van der Waals surface area (Å²) >= 11 is 0. The van der Waals surface area contributed by atoms with Crippen LogP contribution in [0.2, 0.25) is 0 Å². The highest BCUT2D eigenvalue weighted by Gasteiger charge is 2.21. The molecule has 0 fully saturated rings. The van der Waals surface area contributed by atoms with Crippen molar-refractivity contribution in [2.75, 3.05) is 0 Å². The molecule has 0 atom stereocenters. The Morgan fingerprint density at radius 3 is 1.39 bits per heavy atom. The maximum Gasteiger partial charge on any atom is 0.160 e. The zero-order chi connectivity index (χ0) is 47.5. The minimum atomic E-state index is 0.657. The third-order valence-corrected chi connectivity index (χ3v) is 14.3. The van der Waals surface area contributed by atoms with Gasteiger partial charge in [0, 0.05) is 60.6 Å². The highest BCUT2D eigenvalue weighted by Crippen LogP contribution is 2.43. The molecule has 0 bridgehead atoms. The van der Waals surface area contributed by atoms with Crippen molar-refractivity contribution in [2.24, 2.45) is 0 Å². The first-order valence-corrected chi connectivity index (χ1v) is 24.6. The molecule has 4 nitrogen and oxygen atoms in total. The van der Waals surface area contributed by atoms with E-state index in [9.17, 15) is 0 Å². The molecular weight excluding hydrogens is 873 g/mol. The van der Waals surface area contributed by atoms with Crippen LogP contribution in [0.3, 0.4) is 0 Å². The largest absolute Gasteiger partial charge is 0.309 e. The van der Waals surface area contributed by atoms with Gasteiger partial charge in [-0.05, 0) is 93.9 Å². The van der Waals surface area contributed by atoms with Crippen LogP contribution in [0.4, 0.5) is 0 Å². The number of para-hydroxylation sites is 3. The smallest absolute Gasteiger partial charge is 0.160 e. The molecule has 0 unspecified atom stereocenters. The molecule has 0 amide bonds. The van der Waals surface area contributed by atoms with Gasteiger partial charge in [-0.3, -0.25) is 0 Å². The Balaban J connectivity index is 0.986. The zero-order valence-electron chi connectivity index (χ0n) is 39.2. The summed E-state index contributed by atoms with van der Waals surface area (Å²) in [5.41, 5.74) is 18.4. The summed E-state index contributed by atoms with van der Waals surface area (Å²) in [5, 5.41) is 7.27. The Morgan fingerprint density at radius 2 is 0.722 bits per heavy atom. The molecule has 0 aliphatic rings. The lowest BCUT2D eigenvalue weighted by atomic mass is 9.94. The third kappa shape index (κ3) is 7.00. The van der Waals surface area contributed by atoms with E-state index in [2.05, 4.69) is 276 Å². The highest BCUT2D eigenvalue weighted by atomic mass is 15.0. The van der Waals surface area contributed by atoms with Crippen LogP contribution in [-0.4, -0.2) is 19.1 Å². The molecule has 0 aliphatic carbocycles. The van der Waals surface area contributed by atoms with Gasteiger partial charge in [-0.2, -0.15) is 0 Å². The molecule has 4 heteroatoms. The molecule has 0 N–H and O–H groups in total. The van der Waals surface area contributed by atoms with Crippen LogP contribution in [-0.2, 0) is 0 Å². The van der Waals surface area contributed by atoms with Crippen molar-refractivity contribution < 1.29 is 0 Å². The monoisotopic (exact) mass is 916 g/mol. The first-order valence-electron chi connectivity index (χ1n) is 24.6. The predicted octanol–water partition coefficient (Wildman–Crippen LogP) is 17.8. The summed E-state index contributed by atoms with van der Waals surface area (Å²) in [7, 11) is 0. The number of aromatic nitrogens is 4. The molecule has 14 aromatic rings. The van der Waals surface area contributed by atoms with Crippen LogP contribution in [0.1, 0.15) is 0 Å². The lowest BCUT2D eigenvalue weighted by molar-refractivity contribution is 1.16. The molecular formula is C68H44N4. The molecule has 11 aromatic carbocycles. The maximum atomic E-state index is 5.49. The van der Waals surface area contributed by atoms with Crippen molar-refractivity contribution in [2.45, 2.75) is 0 Å². The molecule has 0 saturated carbocycles. The molecule has 0 radical (unpaired) electrons. The summed E-state index contributed by atoms with van der Waals surface area (Å²) in [6.07, 6.45) is 0. The van der Waals surface area contributed by atoms with E-state index in [0.717, 1.165) is 83.9 Å². The highest BCUT2D eigenvalue weighted by molar-refractivity contribution is 6.21. The predicted molar refractivity (Wildman–Crippen MR) is 301 cm³/mol. The molecule has 336 valence electrons. The second-order valence-electron chi connectivity index (χ2n) is 18.5. The number of benzene rings is 11. The molecule has 14 rings (SSSR count). The van der Waals surface area contributed by atoms with Gasteiger partial charge in [0.05, 0.1) is 33.5 Å². The summed E-state index contributed by atoms with van der Waals surface area (Å²) in [6, 6.07) is 95.9. The van der Waals surface area contributed by atoms with Gasteiger partial charge in [0.1, 0.15) is 0 Å². The van der Waals surface area contributed by atoms with Crippen LogP contribution < -0.4 is 0 Å². The van der Waals surface area contributed by atoms with Crippen molar-refractivity contribution in [1.82, 2.24) is 19.1 Å². The quantitative estimate of drug-likeness (QED) is 0.152. The van der Waals surface area contributed by atoms with E-state index < -0.39 is 0 Å². The van der Waals surface area contributed by atoms with E-state index in [4.69, 9.17) is 9.97 Å². The fraction of sp³-hybridized carbons (Fsp3) is 0. The second kappa shape index (κ2) is 17.1. The van der Waals surface area contributed by atoms with Crippen molar-refractivity contribution in [1.29, 1.82) is 0 Å². The van der Waals surface area contributed by atoms with Crippen LogP contribution in [0, 0.1) is 0 Å². The molecule has 3 heterocycles. The number of rotatable bonds is 8. The van der Waals surface area contributed by atoms with Gasteiger partial charge in [0.15, 0.2) is 5.82 Å². The minimum absolute atomic E-state index is 0.657. The Hall–Kier alpha value is -9.64. The Kier molecular flexibility index (Phi) is 9.82. The average Bonchev–Trinajstić information content (AvgIpc) is 3.99. The third-order valence-electron chi connectivity index (χ3n) is 14.3. The van der Waals surface area contributed by atoms with E-state index in [1.165, 1.54) is 43.4 Å². The van der Waals surface area contributed by atoms with Crippen molar-refractivity contribution in [3.05, 3.63) is 267 Å². The molecule has 3 aromatic heterocycles. The van der Waals surface area contributed by atoms with E-state index in [0.29, 0.717) is 5.82 Å². The molecule has 0 saturated heterocycles. The first kappa shape index (κ1) is 41.3. The lowest BCUT2D eigenvalue weighted by Gasteiger charge is -2.16. The first-order chi connectivity index (χ1) is 35.7. The van der Waals surface area contributed by atoms with Gasteiger partial charge in [0.2, 0.25) is 0 Å². The van der Waals surface area contributed by atoms with Gasteiger partial charge in [-0.1, -0.05) is 206 Å². The molecule has 0 spiro atoms. The molecule has 0 aliphatic heterocycles. The van der Waals surface area contributed by atoms with Gasteiger partial charge in [-0.15, -0.1) is 0 Å². The summed E-state index contributed by atoms with van der Waals surface area (Å²) < 4.78 is 4.88. The normalized spacial score (nSPS) is 11.6. The molecule has 72 heavy (non-hydrogen) atoms. The fourth-order valence-corrected chi connectivity index (χ4v) is 11.0. The van der Waals surface area contributed by atoms with E-state index >= 15 is 0 Å². The van der Waals surface area contributed by atoms with Gasteiger partial charge in [0.25, 0.3) is 0 Å². The lowest BCUT2D eigenvalue weighted by Crippen LogP contribution is -2.00. The Morgan fingerprint density at radius 1 is 0.250 bits per heavy atom. The zero-order valence-corrected chi connectivity index (χ0v) is 39.2. The van der Waals surface area contributed by atoms with E-state index in [-0.39, 0.29) is 0 Å². The Labute approximate surface area is 417 Å². The van der Waals surface area contributed by atoms with Crippen molar-refractivity contribution in [3.63, 3.8) is 0 Å². The number of fused-ring (bicyclic) bond motifs is 8. The minimum Gasteiger partial charge on any atom is -0.309 e. The number of hydrogen-bond donors (Lipinski definition) is 0. The van der Waals surface area contributed by atoms with Crippen LogP contribution in [0.15, 0.2) is 267 Å².